The van der Waals surface area contributed by atoms with E-state index in [9.17, 15) is 9.59 Å². The van der Waals surface area contributed by atoms with Crippen molar-refractivity contribution in [1.29, 1.82) is 0 Å². The third-order valence-corrected chi connectivity index (χ3v) is 5.56. The fraction of sp³-hybridized carbons (Fsp3) is 0.389. The molecule has 28 heavy (non-hydrogen) atoms. The van der Waals surface area contributed by atoms with Gasteiger partial charge in [0, 0.05) is 10.9 Å². The van der Waals surface area contributed by atoms with Gasteiger partial charge in [-0.15, -0.1) is 11.3 Å². The number of primary amides is 1. The van der Waals surface area contributed by atoms with Crippen molar-refractivity contribution in [2.75, 3.05) is 11.9 Å². The monoisotopic (exact) mass is 403 g/mol. The van der Waals surface area contributed by atoms with Crippen molar-refractivity contribution < 1.29 is 23.6 Å². The van der Waals surface area contributed by atoms with Crippen LogP contribution in [-0.2, 0) is 18.8 Å². The molecule has 2 aromatic rings. The van der Waals surface area contributed by atoms with E-state index in [-0.39, 0.29) is 0 Å². The Morgan fingerprint density at radius 1 is 1.25 bits per heavy atom. The summed E-state index contributed by atoms with van der Waals surface area (Å²) in [5, 5.41) is 4.79. The first-order chi connectivity index (χ1) is 13.1. The fourth-order valence-electron chi connectivity index (χ4n) is 2.58. The van der Waals surface area contributed by atoms with E-state index in [0.29, 0.717) is 10.8 Å². The molecule has 0 aliphatic carbocycles. The molecule has 1 aromatic carbocycles. The van der Waals surface area contributed by atoms with E-state index in [2.05, 4.69) is 15.0 Å². The van der Waals surface area contributed by atoms with Crippen molar-refractivity contribution >= 4 is 41.0 Å². The molecule has 3 N–H and O–H groups in total. The van der Waals surface area contributed by atoms with Gasteiger partial charge in [0.1, 0.15) is 0 Å². The molecule has 0 spiro atoms. The summed E-state index contributed by atoms with van der Waals surface area (Å²) in [5.41, 5.74) is 6.47. The second-order valence-corrected chi connectivity index (χ2v) is 8.27. The first kappa shape index (κ1) is 20.3. The van der Waals surface area contributed by atoms with Crippen molar-refractivity contribution in [3.05, 3.63) is 29.6 Å². The molecule has 8 nitrogen and oxygen atoms in total. The van der Waals surface area contributed by atoms with Crippen LogP contribution in [0.4, 0.5) is 9.93 Å². The zero-order valence-electron chi connectivity index (χ0n) is 16.1. The van der Waals surface area contributed by atoms with Crippen LogP contribution >= 0.6 is 11.3 Å². The molecule has 0 atom stereocenters. The summed E-state index contributed by atoms with van der Waals surface area (Å²) in [5.74, 6) is -0.509. The van der Waals surface area contributed by atoms with Crippen molar-refractivity contribution in [3.8, 4) is 11.3 Å². The lowest BCUT2D eigenvalue weighted by Crippen LogP contribution is -2.41. The molecule has 0 saturated carbocycles. The number of benzene rings is 1. The van der Waals surface area contributed by atoms with Gasteiger partial charge >= 0.3 is 13.2 Å². The average Bonchev–Trinajstić information content (AvgIpc) is 3.15. The van der Waals surface area contributed by atoms with Crippen LogP contribution in [-0.4, -0.2) is 41.9 Å². The number of nitrogens with one attached hydrogen (secondary N) is 1. The van der Waals surface area contributed by atoms with E-state index in [0.717, 1.165) is 11.0 Å². The highest BCUT2D eigenvalue weighted by atomic mass is 32.1. The van der Waals surface area contributed by atoms with Gasteiger partial charge in [0.2, 0.25) is 0 Å². The molecular weight excluding hydrogens is 381 g/mol. The lowest BCUT2D eigenvalue weighted by Gasteiger charge is -2.32. The third-order valence-electron chi connectivity index (χ3n) is 4.80. The molecule has 3 rings (SSSR count). The molecule has 0 unspecified atom stereocenters. The SMILES string of the molecule is CC1(C)OB(c2cccc(-c3csc(NC(=O)COC(N)=O)n3)c2)OC1(C)C. The van der Waals surface area contributed by atoms with E-state index in [1.54, 1.807) is 0 Å². The van der Waals surface area contributed by atoms with Crippen LogP contribution in [0.2, 0.25) is 0 Å². The number of amides is 2. The molecule has 1 aromatic heterocycles. The molecule has 2 heterocycles. The lowest BCUT2D eigenvalue weighted by molar-refractivity contribution is -0.118. The summed E-state index contributed by atoms with van der Waals surface area (Å²) >= 11 is 1.27. The summed E-state index contributed by atoms with van der Waals surface area (Å²) in [6, 6.07) is 7.74. The van der Waals surface area contributed by atoms with Crippen molar-refractivity contribution in [1.82, 2.24) is 4.98 Å². The molecule has 1 aliphatic rings. The second kappa shape index (κ2) is 7.54. The van der Waals surface area contributed by atoms with Crippen LogP contribution in [0.15, 0.2) is 29.6 Å². The number of nitrogens with zero attached hydrogens (tertiary/aromatic N) is 1. The second-order valence-electron chi connectivity index (χ2n) is 7.41. The Labute approximate surface area is 167 Å². The van der Waals surface area contributed by atoms with Crippen LogP contribution in [0.25, 0.3) is 11.3 Å². The minimum atomic E-state index is -1.01. The highest BCUT2D eigenvalue weighted by Gasteiger charge is 2.51. The van der Waals surface area contributed by atoms with Gasteiger partial charge in [-0.2, -0.15) is 0 Å². The Bertz CT molecular complexity index is 883. The van der Waals surface area contributed by atoms with E-state index in [1.165, 1.54) is 11.3 Å². The highest BCUT2D eigenvalue weighted by molar-refractivity contribution is 7.14. The number of anilines is 1. The fourth-order valence-corrected chi connectivity index (χ4v) is 3.32. The Hall–Kier alpha value is -2.43. The van der Waals surface area contributed by atoms with Gasteiger partial charge in [-0.3, -0.25) is 10.1 Å². The molecular formula is C18H22BN3O5S. The van der Waals surface area contributed by atoms with Gasteiger partial charge < -0.3 is 19.8 Å². The normalized spacial score (nSPS) is 17.4. The van der Waals surface area contributed by atoms with Gasteiger partial charge in [-0.05, 0) is 33.2 Å². The van der Waals surface area contributed by atoms with E-state index >= 15 is 0 Å². The Balaban J connectivity index is 1.72. The number of hydrogen-bond acceptors (Lipinski definition) is 7. The van der Waals surface area contributed by atoms with Gasteiger partial charge in [-0.25, -0.2) is 9.78 Å². The predicted octanol–water partition coefficient (Wildman–Crippen LogP) is 2.14. The number of rotatable bonds is 5. The first-order valence-electron chi connectivity index (χ1n) is 8.71. The molecule has 1 aliphatic heterocycles. The number of carbonyl (C=O) groups is 2. The maximum absolute atomic E-state index is 11.7. The molecule has 1 saturated heterocycles. The topological polar surface area (TPSA) is 113 Å². The zero-order chi connectivity index (χ0) is 20.5. The molecule has 0 radical (unpaired) electrons. The van der Waals surface area contributed by atoms with E-state index in [1.807, 2.05) is 57.3 Å². The average molecular weight is 403 g/mol. The van der Waals surface area contributed by atoms with Gasteiger partial charge in [0.25, 0.3) is 5.91 Å². The summed E-state index contributed by atoms with van der Waals surface area (Å²) < 4.78 is 16.6. The maximum Gasteiger partial charge on any atom is 0.494 e. The minimum Gasteiger partial charge on any atom is -0.440 e. The standard InChI is InChI=1S/C18H22BN3O5S/c1-17(2)18(3,4)27-19(26-17)12-7-5-6-11(8-12)13-10-28-16(21-13)22-14(23)9-25-15(20)24/h5-8,10H,9H2,1-4H3,(H2,20,24)(H,21,22,23). The van der Waals surface area contributed by atoms with Crippen LogP contribution in [0.1, 0.15) is 27.7 Å². The van der Waals surface area contributed by atoms with Crippen LogP contribution < -0.4 is 16.5 Å². The number of thiazole rings is 1. The van der Waals surface area contributed by atoms with Gasteiger partial charge in [-0.1, -0.05) is 24.3 Å². The third kappa shape index (κ3) is 4.35. The van der Waals surface area contributed by atoms with Crippen molar-refractivity contribution in [2.45, 2.75) is 38.9 Å². The van der Waals surface area contributed by atoms with Crippen molar-refractivity contribution in [3.63, 3.8) is 0 Å². The maximum atomic E-state index is 11.7. The van der Waals surface area contributed by atoms with Crippen LogP contribution in [0.5, 0.6) is 0 Å². The molecule has 1 fully saturated rings. The molecule has 0 bridgehead atoms. The molecule has 148 valence electrons. The molecule has 2 amide bonds. The van der Waals surface area contributed by atoms with Crippen LogP contribution in [0, 0.1) is 0 Å². The Morgan fingerprint density at radius 2 is 1.93 bits per heavy atom. The predicted molar refractivity (Wildman–Crippen MR) is 107 cm³/mol. The zero-order valence-corrected chi connectivity index (χ0v) is 17.0. The first-order valence-corrected chi connectivity index (χ1v) is 9.59. The summed E-state index contributed by atoms with van der Waals surface area (Å²) in [7, 11) is -0.464. The summed E-state index contributed by atoms with van der Waals surface area (Å²) in [6.07, 6.45) is -1.01. The lowest BCUT2D eigenvalue weighted by atomic mass is 9.78. The number of aromatic nitrogens is 1. The highest BCUT2D eigenvalue weighted by Crippen LogP contribution is 2.36. The van der Waals surface area contributed by atoms with E-state index in [4.69, 9.17) is 15.0 Å². The largest absolute Gasteiger partial charge is 0.494 e. The molecule has 10 heteroatoms. The Morgan fingerprint density at radius 3 is 2.57 bits per heavy atom. The number of ether oxygens (including phenoxy) is 1. The summed E-state index contributed by atoms with van der Waals surface area (Å²) in [4.78, 5) is 26.7. The van der Waals surface area contributed by atoms with Crippen LogP contribution in [0.3, 0.4) is 0 Å². The quantitative estimate of drug-likeness (QED) is 0.740. The van der Waals surface area contributed by atoms with Gasteiger partial charge in [0.15, 0.2) is 11.7 Å². The smallest absolute Gasteiger partial charge is 0.440 e. The number of nitrogens with two attached hydrogens (primary N) is 1. The van der Waals surface area contributed by atoms with Crippen molar-refractivity contribution in [2.24, 2.45) is 5.73 Å². The number of carbonyl (C=O) groups excluding carboxylic acids is 2. The number of hydrogen-bond donors (Lipinski definition) is 2. The summed E-state index contributed by atoms with van der Waals surface area (Å²) in [6.45, 7) is 7.58. The van der Waals surface area contributed by atoms with E-state index < -0.39 is 36.9 Å². The van der Waals surface area contributed by atoms with Gasteiger partial charge in [0.05, 0.1) is 16.9 Å². The Kier molecular flexibility index (Phi) is 5.47. The minimum absolute atomic E-state index is 0.397.